The van der Waals surface area contributed by atoms with E-state index in [4.69, 9.17) is 0 Å². The van der Waals surface area contributed by atoms with Crippen molar-refractivity contribution in [1.29, 1.82) is 0 Å². The number of rotatable bonds is 3. The zero-order valence-electron chi connectivity index (χ0n) is 13.1. The average molecular weight is 393 g/mol. The maximum absolute atomic E-state index is 11.4. The molecule has 0 N–H and O–H groups in total. The Hall–Kier alpha value is -2.92. The summed E-state index contributed by atoms with van der Waals surface area (Å²) in [5, 5.41) is 12.5. The van der Waals surface area contributed by atoms with Crippen molar-refractivity contribution in [3.05, 3.63) is 93.6 Å². The summed E-state index contributed by atoms with van der Waals surface area (Å²) in [7, 11) is 0. The van der Waals surface area contributed by atoms with E-state index >= 15 is 0 Å². The molecule has 4 rings (SSSR count). The topological polar surface area (TPSA) is 48.1 Å². The van der Waals surface area contributed by atoms with Crippen molar-refractivity contribution in [2.75, 3.05) is 0 Å². The van der Waals surface area contributed by atoms with Crippen molar-refractivity contribution in [3.8, 4) is 16.8 Å². The van der Waals surface area contributed by atoms with Crippen LogP contribution in [0.15, 0.2) is 83.5 Å². The molecular weight excluding hydrogens is 380 g/mol. The quantitative estimate of drug-likeness (QED) is 0.318. The third-order valence-corrected chi connectivity index (χ3v) is 4.73. The van der Waals surface area contributed by atoms with Gasteiger partial charge in [-0.3, -0.25) is 10.1 Å². The summed E-state index contributed by atoms with van der Waals surface area (Å²) in [4.78, 5) is 11.1. The number of halogens is 1. The molecule has 1 aromatic heterocycles. The van der Waals surface area contributed by atoms with E-state index in [1.54, 1.807) is 12.1 Å². The lowest BCUT2D eigenvalue weighted by molar-refractivity contribution is -0.384. The Morgan fingerprint density at radius 3 is 2.32 bits per heavy atom. The van der Waals surface area contributed by atoms with Crippen LogP contribution in [-0.2, 0) is 0 Å². The number of fused-ring (bicyclic) bond motifs is 1. The smallest absolute Gasteiger partial charge is 0.293 e. The van der Waals surface area contributed by atoms with Crippen LogP contribution in [0.2, 0.25) is 0 Å². The van der Waals surface area contributed by atoms with Crippen LogP contribution in [-0.4, -0.2) is 9.49 Å². The van der Waals surface area contributed by atoms with E-state index in [0.717, 1.165) is 26.5 Å². The molecule has 0 aliphatic rings. The standard InChI is InChI=1S/C20H13BrN2O2/c21-15-11-9-14(10-12-15)17-13-22(18-6-2-1-5-16(17)18)19-7-3-4-8-20(19)23(24)25/h1-13H. The lowest BCUT2D eigenvalue weighted by Gasteiger charge is -2.05. The Kier molecular flexibility index (Phi) is 3.86. The molecule has 0 bridgehead atoms. The fourth-order valence-electron chi connectivity index (χ4n) is 3.06. The first-order valence-electron chi connectivity index (χ1n) is 7.75. The number of nitro benzene ring substituents is 1. The molecule has 25 heavy (non-hydrogen) atoms. The number of nitrogens with zero attached hydrogens (tertiary/aromatic N) is 2. The molecule has 0 aliphatic heterocycles. The van der Waals surface area contributed by atoms with Crippen molar-refractivity contribution in [1.82, 2.24) is 4.57 Å². The van der Waals surface area contributed by atoms with Crippen molar-refractivity contribution in [2.45, 2.75) is 0 Å². The van der Waals surface area contributed by atoms with Gasteiger partial charge in [-0.2, -0.15) is 0 Å². The summed E-state index contributed by atoms with van der Waals surface area (Å²) >= 11 is 3.45. The molecule has 122 valence electrons. The summed E-state index contributed by atoms with van der Waals surface area (Å²) in [6.45, 7) is 0. The van der Waals surface area contributed by atoms with Gasteiger partial charge in [-0.1, -0.05) is 58.4 Å². The number of hydrogen-bond donors (Lipinski definition) is 0. The predicted molar refractivity (Wildman–Crippen MR) is 103 cm³/mol. The zero-order valence-corrected chi connectivity index (χ0v) is 14.7. The van der Waals surface area contributed by atoms with Gasteiger partial charge in [0.1, 0.15) is 5.69 Å². The molecule has 0 saturated heterocycles. The Bertz CT molecular complexity index is 1080. The largest absolute Gasteiger partial charge is 0.310 e. The van der Waals surface area contributed by atoms with Gasteiger partial charge in [0.2, 0.25) is 0 Å². The second kappa shape index (κ2) is 6.18. The number of benzene rings is 3. The van der Waals surface area contributed by atoms with E-state index in [2.05, 4.69) is 15.9 Å². The first kappa shape index (κ1) is 15.6. The summed E-state index contributed by atoms with van der Waals surface area (Å²) in [5.74, 6) is 0. The summed E-state index contributed by atoms with van der Waals surface area (Å²) < 4.78 is 2.91. The van der Waals surface area contributed by atoms with E-state index < -0.39 is 0 Å². The first-order chi connectivity index (χ1) is 12.1. The van der Waals surface area contributed by atoms with E-state index in [0.29, 0.717) is 5.69 Å². The molecule has 0 unspecified atom stereocenters. The predicted octanol–water partition coefficient (Wildman–Crippen LogP) is 5.97. The molecule has 0 saturated carbocycles. The van der Waals surface area contributed by atoms with Crippen molar-refractivity contribution < 1.29 is 4.92 Å². The maximum Gasteiger partial charge on any atom is 0.293 e. The molecule has 0 aliphatic carbocycles. The highest BCUT2D eigenvalue weighted by molar-refractivity contribution is 9.10. The van der Waals surface area contributed by atoms with Gasteiger partial charge in [0, 0.05) is 27.7 Å². The SMILES string of the molecule is O=[N+]([O-])c1ccccc1-n1cc(-c2ccc(Br)cc2)c2ccccc21. The lowest BCUT2D eigenvalue weighted by atomic mass is 10.1. The summed E-state index contributed by atoms with van der Waals surface area (Å²) in [6.07, 6.45) is 1.97. The minimum Gasteiger partial charge on any atom is -0.310 e. The number of nitro groups is 1. The van der Waals surface area contributed by atoms with Gasteiger partial charge in [0.05, 0.1) is 10.4 Å². The van der Waals surface area contributed by atoms with Gasteiger partial charge >= 0.3 is 0 Å². The van der Waals surface area contributed by atoms with Crippen LogP contribution in [0.3, 0.4) is 0 Å². The Balaban J connectivity index is 2.01. The molecule has 4 nitrogen and oxygen atoms in total. The van der Waals surface area contributed by atoms with E-state index in [9.17, 15) is 10.1 Å². The van der Waals surface area contributed by atoms with Crippen molar-refractivity contribution >= 4 is 32.5 Å². The average Bonchev–Trinajstić information content (AvgIpc) is 3.02. The molecule has 0 amide bonds. The third-order valence-electron chi connectivity index (χ3n) is 4.21. The lowest BCUT2D eigenvalue weighted by Crippen LogP contribution is -1.98. The minimum atomic E-state index is -0.344. The monoisotopic (exact) mass is 392 g/mol. The number of para-hydroxylation sites is 3. The Morgan fingerprint density at radius 2 is 1.56 bits per heavy atom. The molecule has 5 heteroatoms. The van der Waals surface area contributed by atoms with Crippen LogP contribution in [0.5, 0.6) is 0 Å². The van der Waals surface area contributed by atoms with Gasteiger partial charge in [-0.15, -0.1) is 0 Å². The minimum absolute atomic E-state index is 0.0885. The molecule has 3 aromatic carbocycles. The molecule has 0 radical (unpaired) electrons. The van der Waals surface area contributed by atoms with Crippen LogP contribution in [0.4, 0.5) is 5.69 Å². The molecule has 1 heterocycles. The highest BCUT2D eigenvalue weighted by Gasteiger charge is 2.18. The van der Waals surface area contributed by atoms with Crippen LogP contribution < -0.4 is 0 Å². The van der Waals surface area contributed by atoms with Crippen LogP contribution in [0, 0.1) is 10.1 Å². The second-order valence-electron chi connectivity index (χ2n) is 5.68. The van der Waals surface area contributed by atoms with Gasteiger partial charge in [-0.05, 0) is 29.8 Å². The molecule has 0 fully saturated rings. The molecular formula is C20H13BrN2O2. The summed E-state index contributed by atoms with van der Waals surface area (Å²) in [5.41, 5.74) is 3.70. The van der Waals surface area contributed by atoms with Gasteiger partial charge in [0.15, 0.2) is 0 Å². The van der Waals surface area contributed by atoms with Crippen LogP contribution >= 0.6 is 15.9 Å². The maximum atomic E-state index is 11.4. The van der Waals surface area contributed by atoms with Crippen LogP contribution in [0.1, 0.15) is 0 Å². The van der Waals surface area contributed by atoms with Gasteiger partial charge in [0.25, 0.3) is 5.69 Å². The highest BCUT2D eigenvalue weighted by Crippen LogP contribution is 2.35. The fraction of sp³-hybridized carbons (Fsp3) is 0. The van der Waals surface area contributed by atoms with E-state index in [1.165, 1.54) is 6.07 Å². The van der Waals surface area contributed by atoms with Crippen molar-refractivity contribution in [2.24, 2.45) is 0 Å². The zero-order chi connectivity index (χ0) is 17.4. The fourth-order valence-corrected chi connectivity index (χ4v) is 3.33. The van der Waals surface area contributed by atoms with E-state index in [1.807, 2.05) is 65.4 Å². The normalized spacial score (nSPS) is 10.9. The number of aromatic nitrogens is 1. The van der Waals surface area contributed by atoms with Gasteiger partial charge < -0.3 is 4.57 Å². The van der Waals surface area contributed by atoms with Crippen molar-refractivity contribution in [3.63, 3.8) is 0 Å². The van der Waals surface area contributed by atoms with Crippen LogP contribution in [0.25, 0.3) is 27.7 Å². The molecule has 0 atom stereocenters. The first-order valence-corrected chi connectivity index (χ1v) is 8.54. The Labute approximate surface area is 152 Å². The Morgan fingerprint density at radius 1 is 0.880 bits per heavy atom. The van der Waals surface area contributed by atoms with Gasteiger partial charge in [-0.25, -0.2) is 0 Å². The number of hydrogen-bond acceptors (Lipinski definition) is 2. The highest BCUT2D eigenvalue weighted by atomic mass is 79.9. The van der Waals surface area contributed by atoms with E-state index in [-0.39, 0.29) is 10.6 Å². The summed E-state index contributed by atoms with van der Waals surface area (Å²) in [6, 6.07) is 22.8. The third kappa shape index (κ3) is 2.72. The molecule has 0 spiro atoms. The second-order valence-corrected chi connectivity index (χ2v) is 6.60. The molecule has 4 aromatic rings.